The zero-order valence-electron chi connectivity index (χ0n) is 5.99. The Morgan fingerprint density at radius 1 is 0.800 bits per heavy atom. The number of rotatable bonds is 0. The summed E-state index contributed by atoms with van der Waals surface area (Å²) in [6.07, 6.45) is 0. The molecule has 0 atom stereocenters. The summed E-state index contributed by atoms with van der Waals surface area (Å²) < 4.78 is 8.70. The van der Waals surface area contributed by atoms with Gasteiger partial charge >= 0.3 is 8.25 Å². The van der Waals surface area contributed by atoms with Gasteiger partial charge in [0, 0.05) is 4.57 Å². The summed E-state index contributed by atoms with van der Waals surface area (Å²) in [4.78, 5) is 14.2. The van der Waals surface area contributed by atoms with Crippen molar-refractivity contribution in [3.05, 3.63) is 39.5 Å². The van der Waals surface area contributed by atoms with Crippen LogP contribution in [0.5, 0.6) is 0 Å². The highest BCUT2D eigenvalue weighted by molar-refractivity contribution is 7.30. The van der Waals surface area contributed by atoms with Gasteiger partial charge in [0.1, 0.15) is 0 Å². The lowest BCUT2D eigenvalue weighted by molar-refractivity contribution is 0.405. The summed E-state index contributed by atoms with van der Waals surface area (Å²) in [6, 6.07) is 0. The van der Waals surface area contributed by atoms with Crippen LogP contribution in [0.4, 0.5) is 0 Å². The minimum atomic E-state index is -2.87. The Morgan fingerprint density at radius 3 is 0.800 bits per heavy atom. The third kappa shape index (κ3) is 488. The molecule has 0 aromatic heterocycles. The molecule has 3 nitrogen and oxygen atoms in total. The van der Waals surface area contributed by atoms with Gasteiger partial charge in [-0.3, -0.25) is 0 Å². The van der Waals surface area contributed by atoms with Crippen molar-refractivity contribution in [3.63, 3.8) is 0 Å². The monoisotopic (exact) mass is 165 g/mol. The molecule has 4 heteroatoms. The van der Waals surface area contributed by atoms with E-state index in [4.69, 9.17) is 14.4 Å². The predicted molar refractivity (Wildman–Crippen MR) is 45.8 cm³/mol. The lowest BCUT2D eigenvalue weighted by Gasteiger charge is -1.34. The molecule has 10 heavy (non-hydrogen) atoms. The Balaban J connectivity index is -0.0000000262. The molecule has 2 N–H and O–H groups in total. The smallest absolute Gasteiger partial charge is 0.134 e. The fourth-order valence-corrected chi connectivity index (χ4v) is 0. The van der Waals surface area contributed by atoms with Gasteiger partial charge in [0.05, 0.1) is 0 Å². The lowest BCUT2D eigenvalue weighted by atomic mass is 11.3. The summed E-state index contributed by atoms with van der Waals surface area (Å²) in [5.41, 5.74) is 0. The van der Waals surface area contributed by atoms with Crippen molar-refractivity contribution in [2.75, 3.05) is 0 Å². The van der Waals surface area contributed by atoms with E-state index in [1.807, 2.05) is 0 Å². The van der Waals surface area contributed by atoms with Crippen LogP contribution in [0, 0.1) is 0 Å². The van der Waals surface area contributed by atoms with Crippen LogP contribution in [-0.4, -0.2) is 9.79 Å². The predicted octanol–water partition coefficient (Wildman–Crippen LogP) is 2.04. The Morgan fingerprint density at radius 2 is 0.800 bits per heavy atom. The molecule has 0 amide bonds. The molecule has 0 radical (unpaired) electrons. The van der Waals surface area contributed by atoms with Gasteiger partial charge in [-0.1, -0.05) is 0 Å². The van der Waals surface area contributed by atoms with Crippen molar-refractivity contribution in [2.24, 2.45) is 0 Å². The van der Waals surface area contributed by atoms with Crippen LogP contribution in [0.2, 0.25) is 0 Å². The fraction of sp³-hybridized carbons (Fsp3) is 0. The molecule has 0 aromatic carbocycles. The van der Waals surface area contributed by atoms with E-state index in [0.717, 1.165) is 0 Å². The molecular weight excluding hydrogens is 151 g/mol. The Bertz CT molecular complexity index is 57.3. The third-order valence-electron chi connectivity index (χ3n) is 0. The number of hydrogen-bond acceptors (Lipinski definition) is 1. The van der Waals surface area contributed by atoms with Gasteiger partial charge in [-0.05, 0) is 0 Å². The topological polar surface area (TPSA) is 57.5 Å². The molecule has 0 spiro atoms. The summed E-state index contributed by atoms with van der Waals surface area (Å²) in [7, 11) is -2.87. The van der Waals surface area contributed by atoms with Crippen LogP contribution in [0.3, 0.4) is 0 Å². The van der Waals surface area contributed by atoms with Gasteiger partial charge in [0.25, 0.3) is 0 Å². The normalized spacial score (nSPS) is 3.80. The van der Waals surface area contributed by atoms with Gasteiger partial charge in [-0.15, -0.1) is 49.3 Å². The summed E-state index contributed by atoms with van der Waals surface area (Å²) in [5, 5.41) is 0. The Kier molecular flexibility index (Phi) is 197. The molecule has 0 aliphatic rings. The largest absolute Gasteiger partial charge is 0.692 e. The zero-order valence-corrected chi connectivity index (χ0v) is 6.89. The van der Waals surface area contributed by atoms with E-state index in [2.05, 4.69) is 39.5 Å². The summed E-state index contributed by atoms with van der Waals surface area (Å²) >= 11 is 0. The van der Waals surface area contributed by atoms with E-state index in [1.54, 1.807) is 0 Å². The third-order valence-corrected chi connectivity index (χ3v) is 0. The maximum Gasteiger partial charge on any atom is 0.692 e. The molecule has 60 valence electrons. The molecule has 0 saturated heterocycles. The Hall–Kier alpha value is -0.760. The van der Waals surface area contributed by atoms with E-state index in [1.165, 1.54) is 0 Å². The highest BCUT2D eigenvalue weighted by Gasteiger charge is 1.93. The first-order valence-electron chi connectivity index (χ1n) is 2.08. The first-order valence-corrected chi connectivity index (χ1v) is 3.25. The SMILES string of the molecule is C=C.C=C.C=C.O=[P+](O)O. The average molecular weight is 165 g/mol. The second-order valence-electron chi connectivity index (χ2n) is 0.253. The van der Waals surface area contributed by atoms with Gasteiger partial charge < -0.3 is 0 Å². The van der Waals surface area contributed by atoms with E-state index in [-0.39, 0.29) is 0 Å². The van der Waals surface area contributed by atoms with E-state index < -0.39 is 8.25 Å². The first-order chi connectivity index (χ1) is 4.73. The highest BCUT2D eigenvalue weighted by atomic mass is 31.1. The molecule has 0 aromatic rings. The summed E-state index contributed by atoms with van der Waals surface area (Å²) in [5.74, 6) is 0. The Labute approximate surface area is 63.0 Å². The van der Waals surface area contributed by atoms with Crippen LogP contribution in [-0.2, 0) is 4.57 Å². The quantitative estimate of drug-likeness (QED) is 0.426. The molecule has 0 unspecified atom stereocenters. The van der Waals surface area contributed by atoms with E-state index >= 15 is 0 Å². The minimum Gasteiger partial charge on any atom is -0.134 e. The average Bonchev–Trinajstić information content (AvgIpc) is 1.98. The molecule has 0 aliphatic heterocycles. The number of hydrogen-bond donors (Lipinski definition) is 2. The van der Waals surface area contributed by atoms with Crippen LogP contribution >= 0.6 is 8.25 Å². The first kappa shape index (κ1) is 22.8. The summed E-state index contributed by atoms with van der Waals surface area (Å²) in [6.45, 7) is 18.0. The molecular formula is C6H14O3P+. The fourth-order valence-electron chi connectivity index (χ4n) is 0. The van der Waals surface area contributed by atoms with Gasteiger partial charge in [0.2, 0.25) is 0 Å². The molecule has 0 saturated carbocycles. The maximum absolute atomic E-state index is 8.70. The second kappa shape index (κ2) is 86.1. The van der Waals surface area contributed by atoms with Crippen molar-refractivity contribution < 1.29 is 14.4 Å². The van der Waals surface area contributed by atoms with Gasteiger partial charge in [0.15, 0.2) is 0 Å². The lowest BCUT2D eigenvalue weighted by Crippen LogP contribution is -1.38. The van der Waals surface area contributed by atoms with E-state index in [9.17, 15) is 0 Å². The van der Waals surface area contributed by atoms with Crippen molar-refractivity contribution in [1.82, 2.24) is 0 Å². The molecule has 0 rings (SSSR count). The van der Waals surface area contributed by atoms with E-state index in [0.29, 0.717) is 0 Å². The van der Waals surface area contributed by atoms with Crippen LogP contribution in [0.15, 0.2) is 39.5 Å². The van der Waals surface area contributed by atoms with Crippen molar-refractivity contribution in [3.8, 4) is 0 Å². The standard InChI is InChI=1S/3C2H4.HO3P/c3*1-2;1-4(2)3/h3*1-2H2;(H-,1,2,3)/p+1. The van der Waals surface area contributed by atoms with Crippen LogP contribution in [0.1, 0.15) is 0 Å². The molecule has 0 heterocycles. The van der Waals surface area contributed by atoms with Crippen LogP contribution < -0.4 is 0 Å². The van der Waals surface area contributed by atoms with Gasteiger partial charge in [-0.2, -0.15) is 0 Å². The van der Waals surface area contributed by atoms with Crippen molar-refractivity contribution >= 4 is 8.25 Å². The zero-order chi connectivity index (χ0) is 9.58. The highest BCUT2D eigenvalue weighted by Crippen LogP contribution is 1.98. The molecule has 0 bridgehead atoms. The molecule has 0 aliphatic carbocycles. The maximum atomic E-state index is 8.70. The molecule has 0 fully saturated rings. The second-order valence-corrected chi connectivity index (χ2v) is 0.758. The van der Waals surface area contributed by atoms with Crippen molar-refractivity contribution in [1.29, 1.82) is 0 Å². The van der Waals surface area contributed by atoms with Gasteiger partial charge in [-0.25, -0.2) is 0 Å². The van der Waals surface area contributed by atoms with Crippen molar-refractivity contribution in [2.45, 2.75) is 0 Å². The van der Waals surface area contributed by atoms with Crippen LogP contribution in [0.25, 0.3) is 0 Å². The minimum absolute atomic E-state index is 2.87.